The van der Waals surface area contributed by atoms with E-state index in [2.05, 4.69) is 25.0 Å². The van der Waals surface area contributed by atoms with Gasteiger partial charge in [0, 0.05) is 35.6 Å². The molecule has 3 saturated heterocycles. The molecule has 2 aromatic rings. The maximum Gasteiger partial charge on any atom is 0.131 e. The molecule has 4 aliphatic heterocycles. The second kappa shape index (κ2) is 5.50. The first-order valence-electron chi connectivity index (χ1n) is 9.01. The number of phenols is 1. The standard InChI is InChI=1S/C20H24N2O2.ClH/c1-3-11-9-22(2)18-8-15-14-6-12(24)4-5-17(14)21-20(15)19(22)7-13(11)16(18)10-23;/h3-6,13,16,18-19,21,23H,7-10H2,1-2H3;1H/b11-3-;/t13-,16+,18-,19-,22?;/m0./s1. The predicted octanol–water partition coefficient (Wildman–Crippen LogP) is -0.122. The van der Waals surface area contributed by atoms with Gasteiger partial charge in [0.2, 0.25) is 0 Å². The molecular formula is C20H25ClN2O2. The zero-order chi connectivity index (χ0) is 16.6. The van der Waals surface area contributed by atoms with Gasteiger partial charge in [0.15, 0.2) is 0 Å². The van der Waals surface area contributed by atoms with Crippen LogP contribution in [0.4, 0.5) is 0 Å². The van der Waals surface area contributed by atoms with E-state index in [4.69, 9.17) is 0 Å². The van der Waals surface area contributed by atoms with Gasteiger partial charge in [-0.25, -0.2) is 0 Å². The lowest BCUT2D eigenvalue weighted by atomic mass is 9.62. The van der Waals surface area contributed by atoms with Crippen molar-refractivity contribution in [3.63, 3.8) is 0 Å². The van der Waals surface area contributed by atoms with Gasteiger partial charge in [-0.3, -0.25) is 0 Å². The van der Waals surface area contributed by atoms with E-state index in [0.29, 0.717) is 29.7 Å². The Balaban J connectivity index is 0.00000157. The largest absolute Gasteiger partial charge is 1.00 e. The number of aliphatic hydroxyl groups is 1. The molecule has 3 N–H and O–H groups in total. The number of aliphatic hydroxyl groups excluding tert-OH is 1. The van der Waals surface area contributed by atoms with Crippen molar-refractivity contribution in [2.45, 2.75) is 31.8 Å². The number of nitrogens with one attached hydrogen (secondary N) is 1. The van der Waals surface area contributed by atoms with Crippen molar-refractivity contribution in [2.24, 2.45) is 11.8 Å². The smallest absolute Gasteiger partial charge is 0.131 e. The number of allylic oxidation sites excluding steroid dienone is 1. The normalized spacial score (nSPS) is 37.2. The highest BCUT2D eigenvalue weighted by Crippen LogP contribution is 2.57. The van der Waals surface area contributed by atoms with Gasteiger partial charge < -0.3 is 32.1 Å². The molecule has 1 aromatic heterocycles. The Labute approximate surface area is 154 Å². The molecular weight excluding hydrogens is 336 g/mol. The van der Waals surface area contributed by atoms with E-state index in [1.54, 1.807) is 6.07 Å². The van der Waals surface area contributed by atoms with Crippen molar-refractivity contribution in [3.05, 3.63) is 41.1 Å². The molecule has 6 rings (SSSR count). The monoisotopic (exact) mass is 360 g/mol. The Hall–Kier alpha value is -1.49. The fraction of sp³-hybridized carbons (Fsp3) is 0.500. The fourth-order valence-corrected chi connectivity index (χ4v) is 6.05. The van der Waals surface area contributed by atoms with Crippen molar-refractivity contribution < 1.29 is 27.1 Å². The number of halogens is 1. The molecule has 1 unspecified atom stereocenters. The van der Waals surface area contributed by atoms with Crippen LogP contribution >= 0.6 is 0 Å². The van der Waals surface area contributed by atoms with Gasteiger partial charge in [0.25, 0.3) is 0 Å². The summed E-state index contributed by atoms with van der Waals surface area (Å²) in [4.78, 5) is 3.67. The molecule has 0 amide bonds. The second-order valence-corrected chi connectivity index (χ2v) is 8.09. The van der Waals surface area contributed by atoms with Gasteiger partial charge >= 0.3 is 0 Å². The maximum absolute atomic E-state index is 10.1. The van der Waals surface area contributed by atoms with E-state index in [9.17, 15) is 10.2 Å². The number of rotatable bonds is 1. The number of aromatic amines is 1. The summed E-state index contributed by atoms with van der Waals surface area (Å²) < 4.78 is 1.02. The third-order valence-electron chi connectivity index (χ3n) is 7.21. The topological polar surface area (TPSA) is 56.2 Å². The Morgan fingerprint density at radius 3 is 2.88 bits per heavy atom. The number of aromatic nitrogens is 1. The molecule has 0 aliphatic carbocycles. The Morgan fingerprint density at radius 1 is 1.36 bits per heavy atom. The molecule has 5 heterocycles. The number of fused-ring (bicyclic) bond motifs is 4. The molecule has 4 aliphatic rings. The summed E-state index contributed by atoms with van der Waals surface area (Å²) >= 11 is 0. The SMILES string of the molecule is C/C=C1/C[N+]2(C)[C@H]3C[C@@H]1[C@@H](CO)[C@@H]2Cc1c3[nH]c2ccc(O)cc12.[Cl-]. The number of likely N-dealkylation sites (N-methyl/N-ethyl adjacent to an activating group) is 1. The lowest BCUT2D eigenvalue weighted by Gasteiger charge is -2.62. The third kappa shape index (κ3) is 2.02. The van der Waals surface area contributed by atoms with Crippen LogP contribution in [0.1, 0.15) is 30.6 Å². The van der Waals surface area contributed by atoms with E-state index in [1.165, 1.54) is 16.8 Å². The first-order chi connectivity index (χ1) is 11.6. The zero-order valence-corrected chi connectivity index (χ0v) is 15.4. The van der Waals surface area contributed by atoms with Gasteiger partial charge in [0.1, 0.15) is 18.3 Å². The van der Waals surface area contributed by atoms with Crippen LogP contribution in [0.15, 0.2) is 29.8 Å². The Bertz CT molecular complexity index is 874. The molecule has 3 fully saturated rings. The van der Waals surface area contributed by atoms with Crippen molar-refractivity contribution >= 4 is 10.9 Å². The maximum atomic E-state index is 10.1. The van der Waals surface area contributed by atoms with E-state index >= 15 is 0 Å². The summed E-state index contributed by atoms with van der Waals surface area (Å²) in [6.07, 6.45) is 4.39. The van der Waals surface area contributed by atoms with Crippen LogP contribution < -0.4 is 12.4 Å². The van der Waals surface area contributed by atoms with E-state index in [0.717, 1.165) is 34.8 Å². The van der Waals surface area contributed by atoms with Crippen molar-refractivity contribution in [1.82, 2.24) is 4.98 Å². The lowest BCUT2D eigenvalue weighted by molar-refractivity contribution is -0.978. The highest BCUT2D eigenvalue weighted by atomic mass is 35.5. The van der Waals surface area contributed by atoms with E-state index in [-0.39, 0.29) is 19.0 Å². The van der Waals surface area contributed by atoms with Crippen LogP contribution in [0.5, 0.6) is 5.75 Å². The average Bonchev–Trinajstić information content (AvgIpc) is 2.91. The molecule has 5 atom stereocenters. The molecule has 1 aromatic carbocycles. The molecule has 0 saturated carbocycles. The summed E-state index contributed by atoms with van der Waals surface area (Å²) in [6.45, 7) is 3.52. The van der Waals surface area contributed by atoms with Crippen molar-refractivity contribution in [1.29, 1.82) is 0 Å². The predicted molar refractivity (Wildman–Crippen MR) is 93.7 cm³/mol. The molecule has 134 valence electrons. The van der Waals surface area contributed by atoms with Crippen LogP contribution in [0.25, 0.3) is 10.9 Å². The van der Waals surface area contributed by atoms with Crippen molar-refractivity contribution in [3.8, 4) is 5.75 Å². The lowest BCUT2D eigenvalue weighted by Crippen LogP contribution is -3.00. The van der Waals surface area contributed by atoms with Gasteiger partial charge in [-0.2, -0.15) is 0 Å². The van der Waals surface area contributed by atoms with Crippen molar-refractivity contribution in [2.75, 3.05) is 20.2 Å². The molecule has 0 radical (unpaired) electrons. The molecule has 0 spiro atoms. The third-order valence-corrected chi connectivity index (χ3v) is 7.21. The molecule has 4 bridgehead atoms. The first-order valence-corrected chi connectivity index (χ1v) is 9.01. The summed E-state index contributed by atoms with van der Waals surface area (Å²) in [5.74, 6) is 1.20. The van der Waals surface area contributed by atoms with Crippen LogP contribution in [0.3, 0.4) is 0 Å². The average molecular weight is 361 g/mol. The van der Waals surface area contributed by atoms with E-state index in [1.807, 2.05) is 12.1 Å². The van der Waals surface area contributed by atoms with Crippen LogP contribution in [0.2, 0.25) is 0 Å². The minimum atomic E-state index is 0. The highest BCUT2D eigenvalue weighted by molar-refractivity contribution is 5.86. The zero-order valence-electron chi connectivity index (χ0n) is 14.7. The fourth-order valence-electron chi connectivity index (χ4n) is 6.05. The number of hydrogen-bond acceptors (Lipinski definition) is 2. The number of H-pyrrole nitrogens is 1. The number of aromatic hydroxyl groups is 1. The molecule has 4 nitrogen and oxygen atoms in total. The van der Waals surface area contributed by atoms with Gasteiger partial charge in [0.05, 0.1) is 25.4 Å². The van der Waals surface area contributed by atoms with Crippen LogP contribution in [-0.4, -0.2) is 45.9 Å². The molecule has 25 heavy (non-hydrogen) atoms. The summed E-state index contributed by atoms with van der Waals surface area (Å²) in [6, 6.07) is 6.58. The van der Waals surface area contributed by atoms with E-state index < -0.39 is 0 Å². The summed E-state index contributed by atoms with van der Waals surface area (Å²) in [7, 11) is 2.38. The highest BCUT2D eigenvalue weighted by Gasteiger charge is 2.61. The number of piperidine rings is 3. The van der Waals surface area contributed by atoms with Gasteiger partial charge in [-0.15, -0.1) is 0 Å². The second-order valence-electron chi connectivity index (χ2n) is 8.09. The number of phenolic OH excluding ortho intramolecular Hbond substituents is 1. The quantitative estimate of drug-likeness (QED) is 0.490. The molecule has 5 heteroatoms. The number of benzene rings is 1. The van der Waals surface area contributed by atoms with Gasteiger partial charge in [-0.1, -0.05) is 6.08 Å². The Morgan fingerprint density at radius 2 is 2.16 bits per heavy atom. The minimum absolute atomic E-state index is 0. The first kappa shape index (κ1) is 17.0. The summed E-state index contributed by atoms with van der Waals surface area (Å²) in [5, 5.41) is 21.2. The number of quaternary nitrogens is 1. The minimum Gasteiger partial charge on any atom is -1.00 e. The summed E-state index contributed by atoms with van der Waals surface area (Å²) in [5.41, 5.74) is 5.39. The Kier molecular flexibility index (Phi) is 3.73. The number of nitrogens with zero attached hydrogens (tertiary/aromatic N) is 1. The number of hydrogen-bond donors (Lipinski definition) is 3. The van der Waals surface area contributed by atoms with Crippen LogP contribution in [0, 0.1) is 11.8 Å². The van der Waals surface area contributed by atoms with Crippen LogP contribution in [-0.2, 0) is 6.42 Å². The van der Waals surface area contributed by atoms with Gasteiger partial charge in [-0.05, 0) is 36.3 Å².